The van der Waals surface area contributed by atoms with Gasteiger partial charge < -0.3 is 0 Å². The van der Waals surface area contributed by atoms with E-state index in [-0.39, 0.29) is 11.3 Å². The highest BCUT2D eigenvalue weighted by atomic mass is 19.4. The number of hydrogen-bond acceptors (Lipinski definition) is 2. The zero-order chi connectivity index (χ0) is 17.2. The van der Waals surface area contributed by atoms with Crippen LogP contribution < -0.4 is 0 Å². The van der Waals surface area contributed by atoms with Crippen molar-refractivity contribution in [2.24, 2.45) is 0 Å². The molecule has 2 nitrogen and oxygen atoms in total. The van der Waals surface area contributed by atoms with Crippen LogP contribution in [0.15, 0.2) is 60.8 Å². The van der Waals surface area contributed by atoms with Gasteiger partial charge in [-0.3, -0.25) is 4.98 Å². The van der Waals surface area contributed by atoms with Gasteiger partial charge in [0.15, 0.2) is 0 Å². The Kier molecular flexibility index (Phi) is 4.05. The Morgan fingerprint density at radius 2 is 1.75 bits per heavy atom. The van der Waals surface area contributed by atoms with Crippen molar-refractivity contribution in [3.63, 3.8) is 0 Å². The number of rotatable bonds is 2. The van der Waals surface area contributed by atoms with E-state index in [0.29, 0.717) is 0 Å². The van der Waals surface area contributed by atoms with Crippen LogP contribution in [0.2, 0.25) is 0 Å². The Labute approximate surface area is 136 Å². The smallest absolute Gasteiger partial charge is 0.255 e. The van der Waals surface area contributed by atoms with E-state index < -0.39 is 11.7 Å². The first-order valence-corrected chi connectivity index (χ1v) is 7.12. The third-order valence-electron chi connectivity index (χ3n) is 3.61. The molecule has 24 heavy (non-hydrogen) atoms. The van der Waals surface area contributed by atoms with Crippen molar-refractivity contribution in [1.82, 2.24) is 4.98 Å². The molecule has 3 aromatic rings. The van der Waals surface area contributed by atoms with E-state index in [2.05, 4.69) is 4.98 Å². The maximum atomic E-state index is 12.6. The van der Waals surface area contributed by atoms with E-state index in [4.69, 9.17) is 0 Å². The molecule has 1 heterocycles. The molecule has 0 saturated heterocycles. The Morgan fingerprint density at radius 3 is 2.42 bits per heavy atom. The monoisotopic (exact) mass is 324 g/mol. The summed E-state index contributed by atoms with van der Waals surface area (Å²) in [5.41, 5.74) is 0.388. The molecule has 3 rings (SSSR count). The fourth-order valence-electron chi connectivity index (χ4n) is 2.42. The van der Waals surface area contributed by atoms with Gasteiger partial charge in [-0.1, -0.05) is 42.5 Å². The Bertz CT molecular complexity index is 943. The SMILES string of the molecule is N#C/C(=C\c1cccc2ccccc12)c1ccc(C(F)(F)F)cn1. The van der Waals surface area contributed by atoms with Crippen LogP contribution in [0.25, 0.3) is 22.4 Å². The molecule has 1 aromatic heterocycles. The van der Waals surface area contributed by atoms with Crippen molar-refractivity contribution >= 4 is 22.4 Å². The van der Waals surface area contributed by atoms with E-state index >= 15 is 0 Å². The Hall–Kier alpha value is -3.13. The van der Waals surface area contributed by atoms with Crippen LogP contribution in [-0.2, 0) is 6.18 Å². The van der Waals surface area contributed by atoms with E-state index in [1.807, 2.05) is 48.5 Å². The standard InChI is InChI=1S/C19H11F3N2/c20-19(21,22)16-8-9-18(24-12-16)15(11-23)10-14-6-3-5-13-4-1-2-7-17(13)14/h1-10,12H/b15-10+. The molecule has 0 radical (unpaired) electrons. The molecule has 0 bridgehead atoms. The number of nitrogens with zero attached hydrogens (tertiary/aromatic N) is 2. The minimum absolute atomic E-state index is 0.207. The molecular formula is C19H11F3N2. The molecule has 0 spiro atoms. The first kappa shape index (κ1) is 15.8. The van der Waals surface area contributed by atoms with Crippen molar-refractivity contribution in [2.75, 3.05) is 0 Å². The van der Waals surface area contributed by atoms with Crippen molar-refractivity contribution in [1.29, 1.82) is 5.26 Å². The van der Waals surface area contributed by atoms with Crippen LogP contribution in [0, 0.1) is 11.3 Å². The highest BCUT2D eigenvalue weighted by Gasteiger charge is 2.30. The minimum Gasteiger partial charge on any atom is -0.255 e. The van der Waals surface area contributed by atoms with E-state index in [1.54, 1.807) is 6.08 Å². The van der Waals surface area contributed by atoms with Crippen LogP contribution in [0.1, 0.15) is 16.8 Å². The molecule has 2 aromatic carbocycles. The summed E-state index contributed by atoms with van der Waals surface area (Å²) in [5.74, 6) is 0. The van der Waals surface area contributed by atoms with Crippen LogP contribution in [0.4, 0.5) is 13.2 Å². The number of nitriles is 1. The fourth-order valence-corrected chi connectivity index (χ4v) is 2.42. The van der Waals surface area contributed by atoms with Crippen LogP contribution in [0.5, 0.6) is 0 Å². The van der Waals surface area contributed by atoms with Crippen LogP contribution in [-0.4, -0.2) is 4.98 Å². The lowest BCUT2D eigenvalue weighted by atomic mass is 10.0. The maximum Gasteiger partial charge on any atom is 0.417 e. The molecule has 0 amide bonds. The number of aromatic nitrogens is 1. The molecule has 0 saturated carbocycles. The summed E-state index contributed by atoms with van der Waals surface area (Å²) in [4.78, 5) is 3.78. The number of hydrogen-bond donors (Lipinski definition) is 0. The Balaban J connectivity index is 2.05. The lowest BCUT2D eigenvalue weighted by Crippen LogP contribution is -2.05. The minimum atomic E-state index is -4.45. The van der Waals surface area contributed by atoms with Gasteiger partial charge in [-0.2, -0.15) is 18.4 Å². The summed E-state index contributed by atoms with van der Waals surface area (Å²) in [6.07, 6.45) is -2.07. The fraction of sp³-hybridized carbons (Fsp3) is 0.0526. The number of pyridine rings is 1. The molecule has 0 atom stereocenters. The molecule has 0 aliphatic rings. The second-order valence-electron chi connectivity index (χ2n) is 5.17. The highest BCUT2D eigenvalue weighted by molar-refractivity contribution is 5.97. The predicted molar refractivity (Wildman–Crippen MR) is 86.7 cm³/mol. The summed E-state index contributed by atoms with van der Waals surface area (Å²) in [5, 5.41) is 11.3. The molecule has 118 valence electrons. The zero-order valence-electron chi connectivity index (χ0n) is 12.4. The van der Waals surface area contributed by atoms with Gasteiger partial charge in [0.2, 0.25) is 0 Å². The van der Waals surface area contributed by atoms with E-state index in [0.717, 1.165) is 28.6 Å². The number of halogens is 3. The number of fused-ring (bicyclic) bond motifs is 1. The molecule has 0 unspecified atom stereocenters. The molecule has 5 heteroatoms. The number of allylic oxidation sites excluding steroid dienone is 1. The number of benzene rings is 2. The largest absolute Gasteiger partial charge is 0.417 e. The summed E-state index contributed by atoms with van der Waals surface area (Å²) < 4.78 is 37.8. The second-order valence-corrected chi connectivity index (χ2v) is 5.17. The topological polar surface area (TPSA) is 36.7 Å². The number of alkyl halides is 3. The normalized spacial score (nSPS) is 12.2. The third kappa shape index (κ3) is 3.13. The molecule has 0 aliphatic carbocycles. The maximum absolute atomic E-state index is 12.6. The summed E-state index contributed by atoms with van der Waals surface area (Å²) >= 11 is 0. The van der Waals surface area contributed by atoms with Crippen molar-refractivity contribution in [3.8, 4) is 6.07 Å². The lowest BCUT2D eigenvalue weighted by Gasteiger charge is -2.07. The predicted octanol–water partition coefficient (Wildman–Crippen LogP) is 5.32. The first-order valence-electron chi connectivity index (χ1n) is 7.12. The average Bonchev–Trinajstić information content (AvgIpc) is 2.59. The third-order valence-corrected chi connectivity index (χ3v) is 3.61. The van der Waals surface area contributed by atoms with E-state index in [9.17, 15) is 18.4 Å². The average molecular weight is 324 g/mol. The van der Waals surface area contributed by atoms with Gasteiger partial charge in [0, 0.05) is 6.20 Å². The molecular weight excluding hydrogens is 313 g/mol. The van der Waals surface area contributed by atoms with E-state index in [1.165, 1.54) is 6.07 Å². The van der Waals surface area contributed by atoms with Crippen LogP contribution >= 0.6 is 0 Å². The molecule has 0 fully saturated rings. The van der Waals surface area contributed by atoms with Gasteiger partial charge in [-0.25, -0.2) is 0 Å². The molecule has 0 aliphatic heterocycles. The summed E-state index contributed by atoms with van der Waals surface area (Å²) in [6.45, 7) is 0. The molecule has 0 N–H and O–H groups in total. The van der Waals surface area contributed by atoms with Crippen molar-refractivity contribution < 1.29 is 13.2 Å². The van der Waals surface area contributed by atoms with Crippen molar-refractivity contribution in [3.05, 3.63) is 77.6 Å². The summed E-state index contributed by atoms with van der Waals surface area (Å²) in [6, 6.07) is 17.5. The lowest BCUT2D eigenvalue weighted by molar-refractivity contribution is -0.137. The zero-order valence-corrected chi connectivity index (χ0v) is 12.4. The highest BCUT2D eigenvalue weighted by Crippen LogP contribution is 2.29. The van der Waals surface area contributed by atoms with Gasteiger partial charge in [-0.05, 0) is 34.5 Å². The van der Waals surface area contributed by atoms with Gasteiger partial charge in [0.25, 0.3) is 0 Å². The van der Waals surface area contributed by atoms with Gasteiger partial charge in [0.1, 0.15) is 6.07 Å². The van der Waals surface area contributed by atoms with Gasteiger partial charge in [-0.15, -0.1) is 0 Å². The quantitative estimate of drug-likeness (QED) is 0.598. The van der Waals surface area contributed by atoms with Crippen LogP contribution in [0.3, 0.4) is 0 Å². The second kappa shape index (κ2) is 6.17. The van der Waals surface area contributed by atoms with Gasteiger partial charge >= 0.3 is 6.18 Å². The first-order chi connectivity index (χ1) is 11.5. The van der Waals surface area contributed by atoms with Gasteiger partial charge in [0.05, 0.1) is 16.8 Å². The summed E-state index contributed by atoms with van der Waals surface area (Å²) in [7, 11) is 0. The Morgan fingerprint density at radius 1 is 1.00 bits per heavy atom. The van der Waals surface area contributed by atoms with Crippen molar-refractivity contribution in [2.45, 2.75) is 6.18 Å².